The maximum absolute atomic E-state index is 11.9. The highest BCUT2D eigenvalue weighted by Gasteiger charge is 2.34. The molecule has 1 rings (SSSR count). The van der Waals surface area contributed by atoms with Crippen molar-refractivity contribution in [3.8, 4) is 0 Å². The van der Waals surface area contributed by atoms with Crippen LogP contribution in [0.1, 0.15) is 33.1 Å². The zero-order valence-electron chi connectivity index (χ0n) is 10.7. The van der Waals surface area contributed by atoms with Crippen LogP contribution in [0.5, 0.6) is 0 Å². The molecular weight excluding hydrogens is 218 g/mol. The maximum atomic E-state index is 11.9. The van der Waals surface area contributed by atoms with E-state index in [4.69, 9.17) is 11.5 Å². The Morgan fingerprint density at radius 3 is 2.41 bits per heavy atom. The van der Waals surface area contributed by atoms with Crippen LogP contribution in [0.2, 0.25) is 0 Å². The Morgan fingerprint density at radius 2 is 1.94 bits per heavy atom. The number of nitrogens with two attached hydrogens (primary N) is 2. The average molecular weight is 241 g/mol. The third-order valence-electron chi connectivity index (χ3n) is 3.44. The van der Waals surface area contributed by atoms with Crippen LogP contribution in [0.25, 0.3) is 0 Å². The van der Waals surface area contributed by atoms with Gasteiger partial charge in [0.05, 0.1) is 0 Å². The maximum Gasteiger partial charge on any atom is 0.222 e. The SMILES string of the molecule is CC(C)[C@H]1CN(C(=O)CCCC(N)=O)C[C@@H]1N. The van der Waals surface area contributed by atoms with E-state index in [2.05, 4.69) is 13.8 Å². The zero-order valence-corrected chi connectivity index (χ0v) is 10.7. The predicted molar refractivity (Wildman–Crippen MR) is 65.9 cm³/mol. The summed E-state index contributed by atoms with van der Waals surface area (Å²) in [4.78, 5) is 24.2. The molecule has 4 N–H and O–H groups in total. The van der Waals surface area contributed by atoms with Crippen LogP contribution in [0.15, 0.2) is 0 Å². The van der Waals surface area contributed by atoms with Gasteiger partial charge in [0.15, 0.2) is 0 Å². The van der Waals surface area contributed by atoms with E-state index in [0.717, 1.165) is 6.54 Å². The Labute approximate surface area is 103 Å². The largest absolute Gasteiger partial charge is 0.370 e. The summed E-state index contributed by atoms with van der Waals surface area (Å²) >= 11 is 0. The Bertz CT molecular complexity index is 291. The third kappa shape index (κ3) is 4.00. The highest BCUT2D eigenvalue weighted by Crippen LogP contribution is 2.23. The van der Waals surface area contributed by atoms with Gasteiger partial charge in [0.25, 0.3) is 0 Å². The molecular formula is C12H23N3O2. The third-order valence-corrected chi connectivity index (χ3v) is 3.44. The molecule has 17 heavy (non-hydrogen) atoms. The molecule has 0 radical (unpaired) electrons. The van der Waals surface area contributed by atoms with E-state index in [0.29, 0.717) is 31.2 Å². The minimum absolute atomic E-state index is 0.0788. The molecule has 1 saturated heterocycles. The molecule has 2 atom stereocenters. The predicted octanol–water partition coefficient (Wildman–Crippen LogP) is 0.0837. The fraction of sp³-hybridized carbons (Fsp3) is 0.833. The van der Waals surface area contributed by atoms with Crippen LogP contribution in [0.3, 0.4) is 0 Å². The van der Waals surface area contributed by atoms with Gasteiger partial charge in [-0.1, -0.05) is 13.8 Å². The van der Waals surface area contributed by atoms with Crippen molar-refractivity contribution in [3.05, 3.63) is 0 Å². The Kier molecular flexibility index (Phi) is 4.93. The molecule has 2 amide bonds. The van der Waals surface area contributed by atoms with Crippen LogP contribution in [-0.2, 0) is 9.59 Å². The van der Waals surface area contributed by atoms with Gasteiger partial charge in [0.2, 0.25) is 11.8 Å². The van der Waals surface area contributed by atoms with Gasteiger partial charge in [-0.3, -0.25) is 9.59 Å². The summed E-state index contributed by atoms with van der Waals surface area (Å²) in [6.07, 6.45) is 1.20. The number of primary amides is 1. The van der Waals surface area contributed by atoms with Crippen molar-refractivity contribution in [2.45, 2.75) is 39.2 Å². The number of likely N-dealkylation sites (tertiary alicyclic amines) is 1. The summed E-state index contributed by atoms with van der Waals surface area (Å²) in [5, 5.41) is 0. The molecule has 1 heterocycles. The molecule has 0 aromatic heterocycles. The molecule has 1 aliphatic heterocycles. The summed E-state index contributed by atoms with van der Waals surface area (Å²) in [5.41, 5.74) is 11.0. The number of amides is 2. The van der Waals surface area contributed by atoms with Gasteiger partial charge in [-0.15, -0.1) is 0 Å². The summed E-state index contributed by atoms with van der Waals surface area (Å²) in [6, 6.07) is 0.0788. The van der Waals surface area contributed by atoms with Crippen LogP contribution in [0, 0.1) is 11.8 Å². The quantitative estimate of drug-likeness (QED) is 0.714. The molecule has 0 saturated carbocycles. The lowest BCUT2D eigenvalue weighted by atomic mass is 9.92. The number of hydrogen-bond donors (Lipinski definition) is 2. The van der Waals surface area contributed by atoms with Crippen molar-refractivity contribution in [2.24, 2.45) is 23.3 Å². The van der Waals surface area contributed by atoms with E-state index in [1.807, 2.05) is 4.90 Å². The summed E-state index contributed by atoms with van der Waals surface area (Å²) in [6.45, 7) is 5.64. The number of nitrogens with zero attached hydrogens (tertiary/aromatic N) is 1. The van der Waals surface area contributed by atoms with E-state index in [1.165, 1.54) is 0 Å². The molecule has 5 heteroatoms. The molecule has 0 aromatic carbocycles. The van der Waals surface area contributed by atoms with Crippen molar-refractivity contribution in [2.75, 3.05) is 13.1 Å². The van der Waals surface area contributed by atoms with E-state index >= 15 is 0 Å². The molecule has 0 spiro atoms. The van der Waals surface area contributed by atoms with Crippen molar-refractivity contribution in [3.63, 3.8) is 0 Å². The highest BCUT2D eigenvalue weighted by atomic mass is 16.2. The number of hydrogen-bond acceptors (Lipinski definition) is 3. The smallest absolute Gasteiger partial charge is 0.222 e. The second-order valence-corrected chi connectivity index (χ2v) is 5.19. The second kappa shape index (κ2) is 6.00. The van der Waals surface area contributed by atoms with Crippen LogP contribution in [0.4, 0.5) is 0 Å². The Hall–Kier alpha value is -1.10. The fourth-order valence-corrected chi connectivity index (χ4v) is 2.34. The molecule has 0 unspecified atom stereocenters. The molecule has 5 nitrogen and oxygen atoms in total. The second-order valence-electron chi connectivity index (χ2n) is 5.19. The standard InChI is InChI=1S/C12H23N3O2/c1-8(2)9-6-15(7-10(9)13)12(17)5-3-4-11(14)16/h8-10H,3-7,13H2,1-2H3,(H2,14,16)/t9-,10+/m1/s1. The minimum Gasteiger partial charge on any atom is -0.370 e. The average Bonchev–Trinajstić information content (AvgIpc) is 2.59. The molecule has 1 aliphatic rings. The van der Waals surface area contributed by atoms with Crippen molar-refractivity contribution in [1.82, 2.24) is 4.90 Å². The molecule has 0 bridgehead atoms. The highest BCUT2D eigenvalue weighted by molar-refractivity contribution is 5.78. The Balaban J connectivity index is 2.37. The van der Waals surface area contributed by atoms with Gasteiger partial charge < -0.3 is 16.4 Å². The lowest BCUT2D eigenvalue weighted by Gasteiger charge is -2.18. The first-order valence-corrected chi connectivity index (χ1v) is 6.23. The van der Waals surface area contributed by atoms with E-state index in [-0.39, 0.29) is 24.3 Å². The molecule has 98 valence electrons. The molecule has 0 aromatic rings. The lowest BCUT2D eigenvalue weighted by Crippen LogP contribution is -2.33. The van der Waals surface area contributed by atoms with Gasteiger partial charge >= 0.3 is 0 Å². The summed E-state index contributed by atoms with van der Waals surface area (Å²) < 4.78 is 0. The van der Waals surface area contributed by atoms with Crippen LogP contribution >= 0.6 is 0 Å². The number of rotatable bonds is 5. The lowest BCUT2D eigenvalue weighted by molar-refractivity contribution is -0.130. The minimum atomic E-state index is -0.351. The van der Waals surface area contributed by atoms with Gasteiger partial charge in [0.1, 0.15) is 0 Å². The van der Waals surface area contributed by atoms with E-state index < -0.39 is 0 Å². The molecule has 0 aliphatic carbocycles. The van der Waals surface area contributed by atoms with Gasteiger partial charge in [-0.2, -0.15) is 0 Å². The number of carbonyl (C=O) groups excluding carboxylic acids is 2. The topological polar surface area (TPSA) is 89.4 Å². The van der Waals surface area contributed by atoms with Gasteiger partial charge in [0, 0.05) is 32.0 Å². The zero-order chi connectivity index (χ0) is 13.0. The van der Waals surface area contributed by atoms with Crippen molar-refractivity contribution in [1.29, 1.82) is 0 Å². The van der Waals surface area contributed by atoms with Gasteiger partial charge in [-0.25, -0.2) is 0 Å². The van der Waals surface area contributed by atoms with Crippen LogP contribution in [-0.4, -0.2) is 35.8 Å². The van der Waals surface area contributed by atoms with Crippen molar-refractivity contribution >= 4 is 11.8 Å². The van der Waals surface area contributed by atoms with E-state index in [9.17, 15) is 9.59 Å². The summed E-state index contributed by atoms with van der Waals surface area (Å²) in [7, 11) is 0. The normalized spacial score (nSPS) is 24.4. The van der Waals surface area contributed by atoms with E-state index in [1.54, 1.807) is 0 Å². The first-order chi connectivity index (χ1) is 7.91. The van der Waals surface area contributed by atoms with Crippen LogP contribution < -0.4 is 11.5 Å². The monoisotopic (exact) mass is 241 g/mol. The molecule has 1 fully saturated rings. The summed E-state index contributed by atoms with van der Waals surface area (Å²) in [5.74, 6) is 0.615. The number of carbonyl (C=O) groups is 2. The first kappa shape index (κ1) is 14.0. The van der Waals surface area contributed by atoms with Gasteiger partial charge in [-0.05, 0) is 18.3 Å². The fourth-order valence-electron chi connectivity index (χ4n) is 2.34. The van der Waals surface area contributed by atoms with Crippen molar-refractivity contribution < 1.29 is 9.59 Å². The Morgan fingerprint density at radius 1 is 1.29 bits per heavy atom. The first-order valence-electron chi connectivity index (χ1n) is 6.23.